The molecule has 1 rings (SSSR count). The molecule has 1 heteroatoms. The molecule has 82 valence electrons. The SMILES string of the molecule is CCC(=O)C(c1ccccc1)C(C)CC. The second-order valence-electron chi connectivity index (χ2n) is 4.09. The van der Waals surface area contributed by atoms with Crippen molar-refractivity contribution in [1.29, 1.82) is 0 Å². The number of hydrogen-bond acceptors (Lipinski definition) is 1. The highest BCUT2D eigenvalue weighted by Crippen LogP contribution is 2.28. The molecule has 2 atom stereocenters. The van der Waals surface area contributed by atoms with E-state index in [2.05, 4.69) is 26.0 Å². The first-order chi connectivity index (χ1) is 7.20. The zero-order chi connectivity index (χ0) is 11.3. The number of Topliss-reactive ketones (excluding diaryl/α,β-unsaturated/α-hetero) is 1. The number of rotatable bonds is 5. The predicted molar refractivity (Wildman–Crippen MR) is 63.9 cm³/mol. The summed E-state index contributed by atoms with van der Waals surface area (Å²) in [6.45, 7) is 6.25. The van der Waals surface area contributed by atoms with Gasteiger partial charge in [0.25, 0.3) is 0 Å². The number of hydrogen-bond donors (Lipinski definition) is 0. The number of carbonyl (C=O) groups is 1. The number of benzene rings is 1. The minimum absolute atomic E-state index is 0.0844. The van der Waals surface area contributed by atoms with Crippen molar-refractivity contribution in [3.63, 3.8) is 0 Å². The third kappa shape index (κ3) is 2.92. The summed E-state index contributed by atoms with van der Waals surface area (Å²) in [7, 11) is 0. The number of ketones is 1. The first-order valence-corrected chi connectivity index (χ1v) is 5.78. The molecule has 0 heterocycles. The molecular weight excluding hydrogens is 184 g/mol. The molecule has 0 aliphatic heterocycles. The van der Waals surface area contributed by atoms with E-state index in [1.54, 1.807) is 0 Å². The van der Waals surface area contributed by atoms with Crippen LogP contribution >= 0.6 is 0 Å². The number of carbonyl (C=O) groups excluding carboxylic acids is 1. The van der Waals surface area contributed by atoms with Crippen LogP contribution in [0.25, 0.3) is 0 Å². The van der Waals surface area contributed by atoms with E-state index < -0.39 is 0 Å². The van der Waals surface area contributed by atoms with Gasteiger partial charge in [0, 0.05) is 12.3 Å². The van der Waals surface area contributed by atoms with Gasteiger partial charge in [0.05, 0.1) is 0 Å². The van der Waals surface area contributed by atoms with Gasteiger partial charge in [0.15, 0.2) is 0 Å². The van der Waals surface area contributed by atoms with Crippen LogP contribution in [0.1, 0.15) is 45.1 Å². The average Bonchev–Trinajstić information content (AvgIpc) is 2.30. The third-order valence-electron chi connectivity index (χ3n) is 3.07. The molecule has 2 unspecified atom stereocenters. The normalized spacial score (nSPS) is 14.6. The molecule has 0 bridgehead atoms. The van der Waals surface area contributed by atoms with Crippen LogP contribution in [0.4, 0.5) is 0 Å². The van der Waals surface area contributed by atoms with Crippen molar-refractivity contribution in [2.45, 2.75) is 39.5 Å². The van der Waals surface area contributed by atoms with Crippen molar-refractivity contribution in [2.75, 3.05) is 0 Å². The molecule has 0 saturated heterocycles. The quantitative estimate of drug-likeness (QED) is 0.713. The van der Waals surface area contributed by atoms with Gasteiger partial charge in [-0.15, -0.1) is 0 Å². The van der Waals surface area contributed by atoms with Crippen LogP contribution in [0.2, 0.25) is 0 Å². The Balaban J connectivity index is 2.96. The monoisotopic (exact) mass is 204 g/mol. The predicted octanol–water partition coefficient (Wildman–Crippen LogP) is 3.80. The highest BCUT2D eigenvalue weighted by molar-refractivity contribution is 5.85. The lowest BCUT2D eigenvalue weighted by atomic mass is 9.82. The zero-order valence-electron chi connectivity index (χ0n) is 9.86. The Morgan fingerprint density at radius 1 is 1.20 bits per heavy atom. The smallest absolute Gasteiger partial charge is 0.140 e. The summed E-state index contributed by atoms with van der Waals surface area (Å²) >= 11 is 0. The summed E-state index contributed by atoms with van der Waals surface area (Å²) < 4.78 is 0. The molecule has 1 nitrogen and oxygen atoms in total. The van der Waals surface area contributed by atoms with Crippen molar-refractivity contribution in [3.05, 3.63) is 35.9 Å². The van der Waals surface area contributed by atoms with Crippen molar-refractivity contribution < 1.29 is 4.79 Å². The Morgan fingerprint density at radius 2 is 1.80 bits per heavy atom. The van der Waals surface area contributed by atoms with Crippen molar-refractivity contribution in [1.82, 2.24) is 0 Å². The van der Waals surface area contributed by atoms with Gasteiger partial charge < -0.3 is 0 Å². The van der Waals surface area contributed by atoms with Crippen LogP contribution in [-0.4, -0.2) is 5.78 Å². The van der Waals surface area contributed by atoms with Gasteiger partial charge in [0.1, 0.15) is 5.78 Å². The summed E-state index contributed by atoms with van der Waals surface area (Å²) in [6.07, 6.45) is 1.68. The van der Waals surface area contributed by atoms with E-state index in [1.807, 2.05) is 25.1 Å². The van der Waals surface area contributed by atoms with Gasteiger partial charge in [0.2, 0.25) is 0 Å². The summed E-state index contributed by atoms with van der Waals surface area (Å²) in [5, 5.41) is 0. The highest BCUT2D eigenvalue weighted by Gasteiger charge is 2.23. The van der Waals surface area contributed by atoms with E-state index in [1.165, 1.54) is 5.56 Å². The van der Waals surface area contributed by atoms with Gasteiger partial charge in [-0.1, -0.05) is 57.5 Å². The van der Waals surface area contributed by atoms with Crippen molar-refractivity contribution >= 4 is 5.78 Å². The first kappa shape index (κ1) is 12.0. The maximum Gasteiger partial charge on any atom is 0.140 e. The fraction of sp³-hybridized carbons (Fsp3) is 0.500. The summed E-state index contributed by atoms with van der Waals surface area (Å²) in [4.78, 5) is 11.9. The van der Waals surface area contributed by atoms with Gasteiger partial charge in [-0.05, 0) is 11.5 Å². The van der Waals surface area contributed by atoms with Crippen molar-refractivity contribution in [2.24, 2.45) is 5.92 Å². The molecule has 15 heavy (non-hydrogen) atoms. The van der Waals surface area contributed by atoms with Gasteiger partial charge >= 0.3 is 0 Å². The molecule has 0 saturated carbocycles. The van der Waals surface area contributed by atoms with E-state index >= 15 is 0 Å². The van der Waals surface area contributed by atoms with E-state index in [0.717, 1.165) is 6.42 Å². The molecule has 1 aromatic rings. The second-order valence-corrected chi connectivity index (χ2v) is 4.09. The molecule has 0 aromatic heterocycles. The molecule has 0 amide bonds. The lowest BCUT2D eigenvalue weighted by Gasteiger charge is -2.21. The lowest BCUT2D eigenvalue weighted by Crippen LogP contribution is -2.18. The summed E-state index contributed by atoms with van der Waals surface area (Å²) in [5.41, 5.74) is 1.17. The van der Waals surface area contributed by atoms with Crippen LogP contribution in [0.15, 0.2) is 30.3 Å². The second kappa shape index (κ2) is 5.69. The Morgan fingerprint density at radius 3 is 2.27 bits per heavy atom. The van der Waals surface area contributed by atoms with E-state index in [4.69, 9.17) is 0 Å². The first-order valence-electron chi connectivity index (χ1n) is 5.78. The molecule has 0 aliphatic carbocycles. The molecule has 1 aromatic carbocycles. The fourth-order valence-corrected chi connectivity index (χ4v) is 1.95. The van der Waals surface area contributed by atoms with Gasteiger partial charge in [-0.25, -0.2) is 0 Å². The molecule has 0 aliphatic rings. The van der Waals surface area contributed by atoms with E-state index in [-0.39, 0.29) is 5.92 Å². The van der Waals surface area contributed by atoms with E-state index in [0.29, 0.717) is 18.1 Å². The standard InChI is InChI=1S/C14H20O/c1-4-11(3)14(13(15)5-2)12-9-7-6-8-10-12/h6-11,14H,4-5H2,1-3H3. The minimum atomic E-state index is 0.0844. The minimum Gasteiger partial charge on any atom is -0.299 e. The fourth-order valence-electron chi connectivity index (χ4n) is 1.95. The zero-order valence-corrected chi connectivity index (χ0v) is 9.86. The van der Waals surface area contributed by atoms with E-state index in [9.17, 15) is 4.79 Å². The van der Waals surface area contributed by atoms with Crippen molar-refractivity contribution in [3.8, 4) is 0 Å². The van der Waals surface area contributed by atoms with Crippen LogP contribution in [0.3, 0.4) is 0 Å². The molecule has 0 radical (unpaired) electrons. The highest BCUT2D eigenvalue weighted by atomic mass is 16.1. The third-order valence-corrected chi connectivity index (χ3v) is 3.07. The molecular formula is C14H20O. The summed E-state index contributed by atoms with van der Waals surface area (Å²) in [6, 6.07) is 10.1. The Bertz CT molecular complexity index is 302. The Labute approximate surface area is 92.5 Å². The maximum absolute atomic E-state index is 11.9. The van der Waals surface area contributed by atoms with Crippen LogP contribution in [-0.2, 0) is 4.79 Å². The molecule has 0 fully saturated rings. The largest absolute Gasteiger partial charge is 0.299 e. The average molecular weight is 204 g/mol. The molecule has 0 N–H and O–H groups in total. The van der Waals surface area contributed by atoms with Gasteiger partial charge in [-0.3, -0.25) is 4.79 Å². The Hall–Kier alpha value is -1.11. The maximum atomic E-state index is 11.9. The Kier molecular flexibility index (Phi) is 4.54. The summed E-state index contributed by atoms with van der Waals surface area (Å²) in [5.74, 6) is 0.872. The van der Waals surface area contributed by atoms with Crippen LogP contribution < -0.4 is 0 Å². The lowest BCUT2D eigenvalue weighted by molar-refractivity contribution is -0.121. The molecule has 0 spiro atoms. The topological polar surface area (TPSA) is 17.1 Å². The van der Waals surface area contributed by atoms with Crippen LogP contribution in [0.5, 0.6) is 0 Å². The van der Waals surface area contributed by atoms with Gasteiger partial charge in [-0.2, -0.15) is 0 Å². The van der Waals surface area contributed by atoms with Crippen LogP contribution in [0, 0.1) is 5.92 Å².